The Morgan fingerprint density at radius 2 is 1.93 bits per heavy atom. The highest BCUT2D eigenvalue weighted by atomic mass is 16.3. The zero-order valence-corrected chi connectivity index (χ0v) is 8.66. The average molecular weight is 187 g/mol. The molecule has 2 nitrogen and oxygen atoms in total. The molecule has 1 heterocycles. The number of hydrogen-bond donors (Lipinski definition) is 0. The molecular formula is C12H13NO. The van der Waals surface area contributed by atoms with Crippen molar-refractivity contribution < 1.29 is 4.42 Å². The molecule has 0 bridgehead atoms. The maximum Gasteiger partial charge on any atom is 0.191 e. The molecule has 0 aliphatic rings. The SMILES string of the molecule is Cc1ccc(C)c(-c2coc(C)n2)c1. The first-order valence-electron chi connectivity index (χ1n) is 4.66. The molecule has 2 aromatic rings. The van der Waals surface area contributed by atoms with Crippen molar-refractivity contribution in [2.45, 2.75) is 20.8 Å². The number of benzene rings is 1. The molecule has 14 heavy (non-hydrogen) atoms. The molecule has 2 rings (SSSR count). The van der Waals surface area contributed by atoms with Gasteiger partial charge in [-0.15, -0.1) is 0 Å². The summed E-state index contributed by atoms with van der Waals surface area (Å²) < 4.78 is 5.20. The topological polar surface area (TPSA) is 26.0 Å². The third-order valence-electron chi connectivity index (χ3n) is 2.29. The summed E-state index contributed by atoms with van der Waals surface area (Å²) in [6.07, 6.45) is 1.71. The van der Waals surface area contributed by atoms with Gasteiger partial charge >= 0.3 is 0 Å². The molecule has 0 aliphatic carbocycles. The van der Waals surface area contributed by atoms with Gasteiger partial charge in [-0.1, -0.05) is 17.7 Å². The van der Waals surface area contributed by atoms with Crippen LogP contribution in [0.4, 0.5) is 0 Å². The van der Waals surface area contributed by atoms with Crippen LogP contribution in [0.25, 0.3) is 11.3 Å². The highest BCUT2D eigenvalue weighted by Gasteiger charge is 2.06. The quantitative estimate of drug-likeness (QED) is 0.684. The van der Waals surface area contributed by atoms with E-state index in [1.165, 1.54) is 11.1 Å². The molecule has 0 unspecified atom stereocenters. The zero-order chi connectivity index (χ0) is 10.1. The number of nitrogens with zero attached hydrogens (tertiary/aromatic N) is 1. The van der Waals surface area contributed by atoms with Crippen LogP contribution < -0.4 is 0 Å². The summed E-state index contributed by atoms with van der Waals surface area (Å²) >= 11 is 0. The van der Waals surface area contributed by atoms with Crippen molar-refractivity contribution in [3.05, 3.63) is 41.5 Å². The third-order valence-corrected chi connectivity index (χ3v) is 2.29. The van der Waals surface area contributed by atoms with Gasteiger partial charge in [-0.2, -0.15) is 0 Å². The largest absolute Gasteiger partial charge is 0.449 e. The van der Waals surface area contributed by atoms with Crippen LogP contribution in [0.5, 0.6) is 0 Å². The van der Waals surface area contributed by atoms with Crippen LogP contribution >= 0.6 is 0 Å². The predicted octanol–water partition coefficient (Wildman–Crippen LogP) is 3.27. The average Bonchev–Trinajstić information content (AvgIpc) is 2.56. The molecule has 2 heteroatoms. The van der Waals surface area contributed by atoms with Crippen molar-refractivity contribution in [1.82, 2.24) is 4.98 Å². The van der Waals surface area contributed by atoms with Crippen molar-refractivity contribution in [1.29, 1.82) is 0 Å². The second kappa shape index (κ2) is 3.29. The number of aromatic nitrogens is 1. The first-order chi connectivity index (χ1) is 6.66. The maximum atomic E-state index is 5.20. The normalized spacial score (nSPS) is 10.5. The highest BCUT2D eigenvalue weighted by Crippen LogP contribution is 2.23. The molecule has 1 aromatic carbocycles. The first kappa shape index (κ1) is 9.00. The second-order valence-corrected chi connectivity index (χ2v) is 3.57. The molecule has 0 atom stereocenters. The van der Waals surface area contributed by atoms with Gasteiger partial charge in [0, 0.05) is 12.5 Å². The molecule has 0 spiro atoms. The van der Waals surface area contributed by atoms with Gasteiger partial charge in [0.2, 0.25) is 0 Å². The summed E-state index contributed by atoms with van der Waals surface area (Å²) in [6, 6.07) is 6.34. The molecule has 72 valence electrons. The molecule has 1 aromatic heterocycles. The summed E-state index contributed by atoms with van der Waals surface area (Å²) in [5.41, 5.74) is 4.54. The molecule has 0 amide bonds. The maximum absolute atomic E-state index is 5.20. The minimum atomic E-state index is 0.709. The van der Waals surface area contributed by atoms with Gasteiger partial charge < -0.3 is 4.42 Å². The molecule has 0 fully saturated rings. The van der Waals surface area contributed by atoms with Crippen LogP contribution in [-0.2, 0) is 0 Å². The van der Waals surface area contributed by atoms with Crippen LogP contribution in [0.3, 0.4) is 0 Å². The fourth-order valence-corrected chi connectivity index (χ4v) is 1.50. The van der Waals surface area contributed by atoms with Gasteiger partial charge in [0.25, 0.3) is 0 Å². The lowest BCUT2D eigenvalue weighted by atomic mass is 10.0. The Hall–Kier alpha value is -1.57. The van der Waals surface area contributed by atoms with Crippen LogP contribution in [0, 0.1) is 20.8 Å². The van der Waals surface area contributed by atoms with Crippen LogP contribution in [0.2, 0.25) is 0 Å². The predicted molar refractivity (Wildman–Crippen MR) is 56.2 cm³/mol. The Labute approximate surface area is 83.6 Å². The fraction of sp³-hybridized carbons (Fsp3) is 0.250. The van der Waals surface area contributed by atoms with E-state index in [1.54, 1.807) is 6.26 Å². The van der Waals surface area contributed by atoms with Gasteiger partial charge in [-0.25, -0.2) is 4.98 Å². The lowest BCUT2D eigenvalue weighted by Gasteiger charge is -2.02. The Balaban J connectivity index is 2.55. The van der Waals surface area contributed by atoms with E-state index in [-0.39, 0.29) is 0 Å². The molecule has 0 saturated carbocycles. The van der Waals surface area contributed by atoms with Gasteiger partial charge in [0.05, 0.1) is 0 Å². The van der Waals surface area contributed by atoms with E-state index in [0.29, 0.717) is 5.89 Å². The zero-order valence-electron chi connectivity index (χ0n) is 8.66. The molecular weight excluding hydrogens is 174 g/mol. The number of oxazole rings is 1. The van der Waals surface area contributed by atoms with E-state index in [9.17, 15) is 0 Å². The summed E-state index contributed by atoms with van der Waals surface area (Å²) in [5, 5.41) is 0. The summed E-state index contributed by atoms with van der Waals surface area (Å²) in [6.45, 7) is 6.02. The Kier molecular flexibility index (Phi) is 2.12. The molecule has 0 N–H and O–H groups in total. The van der Waals surface area contributed by atoms with Gasteiger partial charge in [0.15, 0.2) is 5.89 Å². The Bertz CT molecular complexity index is 457. The van der Waals surface area contributed by atoms with E-state index in [1.807, 2.05) is 6.92 Å². The van der Waals surface area contributed by atoms with Crippen molar-refractivity contribution in [3.8, 4) is 11.3 Å². The van der Waals surface area contributed by atoms with Crippen LogP contribution in [0.15, 0.2) is 28.9 Å². The summed E-state index contributed by atoms with van der Waals surface area (Å²) in [7, 11) is 0. The van der Waals surface area contributed by atoms with E-state index in [4.69, 9.17) is 4.42 Å². The van der Waals surface area contributed by atoms with Gasteiger partial charge in [-0.3, -0.25) is 0 Å². The first-order valence-corrected chi connectivity index (χ1v) is 4.66. The minimum Gasteiger partial charge on any atom is -0.449 e. The standard InChI is InChI=1S/C12H13NO/c1-8-4-5-9(2)11(6-8)12-7-14-10(3)13-12/h4-7H,1-3H3. The second-order valence-electron chi connectivity index (χ2n) is 3.57. The monoisotopic (exact) mass is 187 g/mol. The minimum absolute atomic E-state index is 0.709. The fourth-order valence-electron chi connectivity index (χ4n) is 1.50. The van der Waals surface area contributed by atoms with Gasteiger partial charge in [0.1, 0.15) is 12.0 Å². The number of aryl methyl sites for hydroxylation is 3. The summed E-state index contributed by atoms with van der Waals surface area (Å²) in [5.74, 6) is 0.709. The van der Waals surface area contributed by atoms with Gasteiger partial charge in [-0.05, 0) is 25.5 Å². The lowest BCUT2D eigenvalue weighted by Crippen LogP contribution is -1.84. The number of rotatable bonds is 1. The van der Waals surface area contributed by atoms with E-state index >= 15 is 0 Å². The van der Waals surface area contributed by atoms with E-state index < -0.39 is 0 Å². The smallest absolute Gasteiger partial charge is 0.191 e. The van der Waals surface area contributed by atoms with Crippen LogP contribution in [-0.4, -0.2) is 4.98 Å². The Morgan fingerprint density at radius 3 is 2.57 bits per heavy atom. The third kappa shape index (κ3) is 1.55. The van der Waals surface area contributed by atoms with Crippen LogP contribution in [0.1, 0.15) is 17.0 Å². The molecule has 0 saturated heterocycles. The summed E-state index contributed by atoms with van der Waals surface area (Å²) in [4.78, 5) is 4.32. The molecule has 0 aliphatic heterocycles. The number of hydrogen-bond acceptors (Lipinski definition) is 2. The van der Waals surface area contributed by atoms with E-state index in [0.717, 1.165) is 11.3 Å². The van der Waals surface area contributed by atoms with Crippen molar-refractivity contribution >= 4 is 0 Å². The molecule has 0 radical (unpaired) electrons. The van der Waals surface area contributed by atoms with E-state index in [2.05, 4.69) is 37.0 Å². The Morgan fingerprint density at radius 1 is 1.14 bits per heavy atom. The highest BCUT2D eigenvalue weighted by molar-refractivity contribution is 5.63. The van der Waals surface area contributed by atoms with Crippen molar-refractivity contribution in [2.75, 3.05) is 0 Å². The lowest BCUT2D eigenvalue weighted by molar-refractivity contribution is 0.521. The van der Waals surface area contributed by atoms with Crippen molar-refractivity contribution in [2.24, 2.45) is 0 Å². The van der Waals surface area contributed by atoms with Crippen molar-refractivity contribution in [3.63, 3.8) is 0 Å².